The van der Waals surface area contributed by atoms with Crippen LogP contribution in [-0.2, 0) is 0 Å². The van der Waals surface area contributed by atoms with E-state index in [1.807, 2.05) is 0 Å². The van der Waals surface area contributed by atoms with Crippen LogP contribution in [0.25, 0.3) is 0 Å². The Bertz CT molecular complexity index is 137. The van der Waals surface area contributed by atoms with Crippen molar-refractivity contribution in [3.8, 4) is 0 Å². The first-order chi connectivity index (χ1) is 8.24. The Kier molecular flexibility index (Phi) is 41.0. The average molecular weight is 459 g/mol. The van der Waals surface area contributed by atoms with Crippen molar-refractivity contribution in [1.29, 1.82) is 0 Å². The van der Waals surface area contributed by atoms with Gasteiger partial charge in [-0.15, -0.1) is 0 Å². The number of quaternary nitrogens is 1. The molecule has 0 unspecified atom stereocenters. The number of halogens is 2. The van der Waals surface area contributed by atoms with Gasteiger partial charge in [-0.25, -0.2) is 0 Å². The maximum atomic E-state index is 2.33. The number of hydrogen-bond acceptors (Lipinski definition) is 0. The fourth-order valence-electron chi connectivity index (χ4n) is 2.64. The van der Waals surface area contributed by atoms with Crippen LogP contribution in [0, 0.1) is 0 Å². The summed E-state index contributed by atoms with van der Waals surface area (Å²) in [6.07, 6.45) is 11.1. The van der Waals surface area contributed by atoms with Crippen LogP contribution in [0.1, 0.15) is 79.1 Å². The third-order valence-corrected chi connectivity index (χ3v) is 3.94. The molecular formula is C16H38Br2KNO. The maximum Gasteiger partial charge on any atom is 1.00 e. The molecule has 0 atom stereocenters. The van der Waals surface area contributed by atoms with Crippen LogP contribution in [-0.4, -0.2) is 36.1 Å². The van der Waals surface area contributed by atoms with Crippen LogP contribution < -0.4 is 85.3 Å². The first-order valence-corrected chi connectivity index (χ1v) is 8.09. The summed E-state index contributed by atoms with van der Waals surface area (Å²) in [6, 6.07) is 0. The van der Waals surface area contributed by atoms with Gasteiger partial charge in [-0.1, -0.05) is 53.4 Å². The van der Waals surface area contributed by atoms with Crippen LogP contribution in [0.4, 0.5) is 0 Å². The quantitative estimate of drug-likeness (QED) is 0.207. The van der Waals surface area contributed by atoms with Gasteiger partial charge >= 0.3 is 51.4 Å². The smallest absolute Gasteiger partial charge is 1.00 e. The molecule has 0 fully saturated rings. The first-order valence-electron chi connectivity index (χ1n) is 8.09. The molecule has 0 saturated heterocycles. The minimum absolute atomic E-state index is 0. The van der Waals surface area contributed by atoms with Crippen LogP contribution in [0.15, 0.2) is 0 Å². The van der Waals surface area contributed by atoms with Crippen molar-refractivity contribution in [1.82, 2.24) is 0 Å². The molecule has 0 bridgehead atoms. The average Bonchev–Trinajstić information content (AvgIpc) is 2.37. The largest absolute Gasteiger partial charge is 1.00 e. The van der Waals surface area contributed by atoms with E-state index in [1.165, 1.54) is 82.0 Å². The number of rotatable bonds is 12. The molecule has 0 heterocycles. The van der Waals surface area contributed by atoms with Gasteiger partial charge in [-0.05, 0) is 25.7 Å². The standard InChI is InChI=1S/C16H36N.2BrH.K.H2O/c1-5-9-13-17(14-10-6-2,15-11-7-3)16-12-8-4;;;;/h5-16H2,1-4H3;2*1H;;1H2/q+1;;;+1;/p-2. The fourth-order valence-corrected chi connectivity index (χ4v) is 2.64. The van der Waals surface area contributed by atoms with Gasteiger partial charge in [0.2, 0.25) is 0 Å². The van der Waals surface area contributed by atoms with E-state index in [-0.39, 0.29) is 90.8 Å². The molecule has 0 aromatic rings. The normalized spacial score (nSPS) is 9.71. The van der Waals surface area contributed by atoms with Crippen LogP contribution in [0.3, 0.4) is 0 Å². The van der Waals surface area contributed by atoms with Crippen LogP contribution in [0.2, 0.25) is 0 Å². The Morgan fingerprint density at radius 1 is 0.524 bits per heavy atom. The van der Waals surface area contributed by atoms with Gasteiger partial charge in [-0.2, -0.15) is 0 Å². The maximum absolute atomic E-state index is 2.33. The van der Waals surface area contributed by atoms with Crippen molar-refractivity contribution in [3.63, 3.8) is 0 Å². The zero-order chi connectivity index (χ0) is 13.0. The molecule has 0 rings (SSSR count). The summed E-state index contributed by atoms with van der Waals surface area (Å²) in [6.45, 7) is 15.0. The molecule has 128 valence electrons. The fraction of sp³-hybridized carbons (Fsp3) is 1.00. The second-order valence-corrected chi connectivity index (χ2v) is 5.65. The van der Waals surface area contributed by atoms with Gasteiger partial charge < -0.3 is 43.9 Å². The second-order valence-electron chi connectivity index (χ2n) is 5.65. The molecule has 0 aromatic carbocycles. The Balaban J connectivity index is -0.000000213. The first kappa shape index (κ1) is 34.8. The monoisotopic (exact) mass is 457 g/mol. The van der Waals surface area contributed by atoms with Gasteiger partial charge in [0.15, 0.2) is 0 Å². The summed E-state index contributed by atoms with van der Waals surface area (Å²) in [4.78, 5) is 0. The molecule has 5 heteroatoms. The molecule has 2 N–H and O–H groups in total. The van der Waals surface area contributed by atoms with Gasteiger partial charge in [-0.3, -0.25) is 0 Å². The Morgan fingerprint density at radius 2 is 0.714 bits per heavy atom. The van der Waals surface area contributed by atoms with Crippen LogP contribution in [0.5, 0.6) is 0 Å². The van der Waals surface area contributed by atoms with E-state index in [0.29, 0.717) is 0 Å². The molecule has 21 heavy (non-hydrogen) atoms. The Morgan fingerprint density at radius 3 is 0.857 bits per heavy atom. The van der Waals surface area contributed by atoms with Gasteiger partial charge in [0.25, 0.3) is 0 Å². The zero-order valence-electron chi connectivity index (χ0n) is 15.2. The van der Waals surface area contributed by atoms with Gasteiger partial charge in [0.1, 0.15) is 0 Å². The van der Waals surface area contributed by atoms with E-state index in [4.69, 9.17) is 0 Å². The van der Waals surface area contributed by atoms with E-state index in [2.05, 4.69) is 27.7 Å². The van der Waals surface area contributed by atoms with E-state index in [9.17, 15) is 0 Å². The van der Waals surface area contributed by atoms with E-state index in [1.54, 1.807) is 0 Å². The van der Waals surface area contributed by atoms with E-state index < -0.39 is 0 Å². The third kappa shape index (κ3) is 18.7. The SMILES string of the molecule is CCCC[N+](CCCC)(CCCC)CCCC.O.[Br-].[Br-].[K+]. The van der Waals surface area contributed by atoms with E-state index in [0.717, 1.165) is 0 Å². The molecule has 0 aliphatic heterocycles. The number of hydrogen-bond donors (Lipinski definition) is 0. The minimum Gasteiger partial charge on any atom is -1.00 e. The number of nitrogens with zero attached hydrogens (tertiary/aromatic N) is 1. The summed E-state index contributed by atoms with van der Waals surface area (Å²) in [5.74, 6) is 0. The third-order valence-electron chi connectivity index (χ3n) is 3.94. The minimum atomic E-state index is 0. The predicted octanol–water partition coefficient (Wildman–Crippen LogP) is -4.81. The van der Waals surface area contributed by atoms with Crippen LogP contribution >= 0.6 is 0 Å². The molecule has 2 nitrogen and oxygen atoms in total. The van der Waals surface area contributed by atoms with Crippen molar-refractivity contribution < 1.29 is 95.3 Å². The van der Waals surface area contributed by atoms with Crippen molar-refractivity contribution in [2.75, 3.05) is 26.2 Å². The summed E-state index contributed by atoms with van der Waals surface area (Å²) < 4.78 is 1.42. The summed E-state index contributed by atoms with van der Waals surface area (Å²) in [5, 5.41) is 0. The molecule has 0 spiro atoms. The summed E-state index contributed by atoms with van der Waals surface area (Å²) in [5.41, 5.74) is 0. The summed E-state index contributed by atoms with van der Waals surface area (Å²) >= 11 is 0. The predicted molar refractivity (Wildman–Crippen MR) is 83.0 cm³/mol. The van der Waals surface area contributed by atoms with Crippen molar-refractivity contribution in [2.45, 2.75) is 79.1 Å². The van der Waals surface area contributed by atoms with E-state index >= 15 is 0 Å². The Labute approximate surface area is 198 Å². The Hall–Kier alpha value is 2.52. The molecule has 0 radical (unpaired) electrons. The molecule has 0 aliphatic carbocycles. The van der Waals surface area contributed by atoms with Crippen molar-refractivity contribution >= 4 is 0 Å². The van der Waals surface area contributed by atoms with Gasteiger partial charge in [0.05, 0.1) is 26.2 Å². The molecule has 0 saturated carbocycles. The van der Waals surface area contributed by atoms with Crippen molar-refractivity contribution in [3.05, 3.63) is 0 Å². The summed E-state index contributed by atoms with van der Waals surface area (Å²) in [7, 11) is 0. The molecule has 0 aliphatic rings. The molecule has 0 amide bonds. The molecule has 0 aromatic heterocycles. The van der Waals surface area contributed by atoms with Crippen molar-refractivity contribution in [2.24, 2.45) is 0 Å². The second kappa shape index (κ2) is 24.8. The van der Waals surface area contributed by atoms with Gasteiger partial charge in [0, 0.05) is 0 Å². The number of unbranched alkanes of at least 4 members (excludes halogenated alkanes) is 4. The zero-order valence-corrected chi connectivity index (χ0v) is 21.5. The topological polar surface area (TPSA) is 31.5 Å². The molecular weight excluding hydrogens is 421 g/mol.